The van der Waals surface area contributed by atoms with Crippen LogP contribution in [0.3, 0.4) is 0 Å². The van der Waals surface area contributed by atoms with E-state index in [0.29, 0.717) is 17.7 Å². The molecule has 5 heteroatoms. The fraction of sp³-hybridized carbons (Fsp3) is 0.350. The van der Waals surface area contributed by atoms with Crippen LogP contribution in [0.4, 0.5) is 4.39 Å². The van der Waals surface area contributed by atoms with E-state index >= 15 is 0 Å². The molecule has 0 bridgehead atoms. The lowest BCUT2D eigenvalue weighted by atomic mass is 10.1. The number of carbonyl (C=O) groups is 1. The van der Waals surface area contributed by atoms with Gasteiger partial charge in [0.2, 0.25) is 0 Å². The first-order chi connectivity index (χ1) is 11.9. The molecule has 0 fully saturated rings. The molecule has 2 aromatic rings. The average molecular weight is 360 g/mol. The molecule has 0 saturated carbocycles. The number of carbonyl (C=O) groups excluding carboxylic acids is 1. The zero-order valence-electron chi connectivity index (χ0n) is 15.3. The number of aryl methyl sites for hydroxylation is 1. The molecule has 0 spiro atoms. The average Bonchev–Trinajstić information content (AvgIpc) is 2.60. The van der Waals surface area contributed by atoms with Gasteiger partial charge in [0.15, 0.2) is 0 Å². The molecule has 0 atom stereocenters. The second kappa shape index (κ2) is 9.02. The van der Waals surface area contributed by atoms with Crippen LogP contribution in [-0.2, 0) is 6.54 Å². The molecule has 0 heterocycles. The largest absolute Gasteiger partial charge is 0.333 e. The summed E-state index contributed by atoms with van der Waals surface area (Å²) in [6, 6.07) is 12.5. The van der Waals surface area contributed by atoms with Gasteiger partial charge >= 0.3 is 0 Å². The summed E-state index contributed by atoms with van der Waals surface area (Å²) >= 11 is 1.61. The predicted octanol–water partition coefficient (Wildman–Crippen LogP) is 4.06. The van der Waals surface area contributed by atoms with Crippen LogP contribution in [0, 0.1) is 12.7 Å². The van der Waals surface area contributed by atoms with Crippen LogP contribution in [0.2, 0.25) is 0 Å². The van der Waals surface area contributed by atoms with Gasteiger partial charge in [0, 0.05) is 35.7 Å². The molecule has 2 aromatic carbocycles. The summed E-state index contributed by atoms with van der Waals surface area (Å²) < 4.78 is 14.1. The molecule has 3 nitrogen and oxygen atoms in total. The lowest BCUT2D eigenvalue weighted by molar-refractivity contribution is 0.0729. The van der Waals surface area contributed by atoms with Crippen molar-refractivity contribution < 1.29 is 9.18 Å². The van der Waals surface area contributed by atoms with Crippen LogP contribution in [0.15, 0.2) is 47.4 Å². The van der Waals surface area contributed by atoms with Gasteiger partial charge in [0.05, 0.1) is 0 Å². The lowest BCUT2D eigenvalue weighted by Gasteiger charge is -2.25. The Morgan fingerprint density at radius 3 is 2.48 bits per heavy atom. The van der Waals surface area contributed by atoms with E-state index < -0.39 is 0 Å². The van der Waals surface area contributed by atoms with Crippen molar-refractivity contribution in [2.45, 2.75) is 18.4 Å². The fourth-order valence-electron chi connectivity index (χ4n) is 2.53. The van der Waals surface area contributed by atoms with Gasteiger partial charge in [-0.3, -0.25) is 4.79 Å². The third kappa shape index (κ3) is 5.31. The normalized spacial score (nSPS) is 11.0. The Hall–Kier alpha value is -1.85. The number of likely N-dealkylation sites (N-methyl/N-ethyl adjacent to an activating group) is 1. The van der Waals surface area contributed by atoms with Gasteiger partial charge in [-0.05, 0) is 51.0 Å². The summed E-state index contributed by atoms with van der Waals surface area (Å²) in [6.45, 7) is 3.47. The number of thioether (sulfide) groups is 1. The molecule has 0 saturated heterocycles. The van der Waals surface area contributed by atoms with E-state index in [0.717, 1.165) is 17.0 Å². The van der Waals surface area contributed by atoms with E-state index in [1.54, 1.807) is 34.9 Å². The first kappa shape index (κ1) is 19.5. The minimum atomic E-state index is -0.278. The highest BCUT2D eigenvalue weighted by atomic mass is 32.2. The standard InChI is InChI=1S/C20H25FN2OS/c1-15-9-10-17(25-4)13-18(15)20(24)23(12-11-22(2)3)14-16-7-5-6-8-19(16)21/h5-10,13H,11-12,14H2,1-4H3. The van der Waals surface area contributed by atoms with Crippen molar-refractivity contribution in [1.82, 2.24) is 9.80 Å². The molecule has 0 aliphatic carbocycles. The third-order valence-corrected chi connectivity index (χ3v) is 4.82. The Kier molecular flexibility index (Phi) is 7.02. The van der Waals surface area contributed by atoms with Gasteiger partial charge in [-0.15, -0.1) is 11.8 Å². The topological polar surface area (TPSA) is 23.6 Å². The highest BCUT2D eigenvalue weighted by Crippen LogP contribution is 2.21. The zero-order valence-corrected chi connectivity index (χ0v) is 16.1. The molecule has 25 heavy (non-hydrogen) atoms. The number of rotatable bonds is 7. The van der Waals surface area contributed by atoms with E-state index in [2.05, 4.69) is 0 Å². The zero-order chi connectivity index (χ0) is 18.4. The predicted molar refractivity (Wildman–Crippen MR) is 103 cm³/mol. The number of halogens is 1. The number of amides is 1. The van der Waals surface area contributed by atoms with Crippen molar-refractivity contribution in [3.63, 3.8) is 0 Å². The quantitative estimate of drug-likeness (QED) is 0.696. The Balaban J connectivity index is 2.31. The number of hydrogen-bond acceptors (Lipinski definition) is 3. The molecule has 0 aliphatic heterocycles. The smallest absolute Gasteiger partial charge is 0.254 e. The molecule has 2 rings (SSSR count). The van der Waals surface area contributed by atoms with Crippen molar-refractivity contribution >= 4 is 17.7 Å². The Labute approximate surface area is 153 Å². The maximum atomic E-state index is 14.1. The molecule has 0 unspecified atom stereocenters. The van der Waals surface area contributed by atoms with E-state index in [1.165, 1.54) is 6.07 Å². The van der Waals surface area contributed by atoms with Gasteiger partial charge in [0.1, 0.15) is 5.82 Å². The monoisotopic (exact) mass is 360 g/mol. The highest BCUT2D eigenvalue weighted by Gasteiger charge is 2.19. The maximum Gasteiger partial charge on any atom is 0.254 e. The summed E-state index contributed by atoms with van der Waals surface area (Å²) in [4.78, 5) is 17.9. The molecule has 1 amide bonds. The molecule has 134 valence electrons. The number of nitrogens with zero attached hydrogens (tertiary/aromatic N) is 2. The SMILES string of the molecule is CSc1ccc(C)c(C(=O)N(CCN(C)C)Cc2ccccc2F)c1. The van der Waals surface area contributed by atoms with Gasteiger partial charge < -0.3 is 9.80 Å². The Morgan fingerprint density at radius 2 is 1.84 bits per heavy atom. The first-order valence-electron chi connectivity index (χ1n) is 8.24. The van der Waals surface area contributed by atoms with Crippen molar-refractivity contribution in [2.24, 2.45) is 0 Å². The van der Waals surface area contributed by atoms with Gasteiger partial charge in [0.25, 0.3) is 5.91 Å². The van der Waals surface area contributed by atoms with Crippen molar-refractivity contribution in [3.05, 3.63) is 65.0 Å². The van der Waals surface area contributed by atoms with Gasteiger partial charge in [-0.25, -0.2) is 4.39 Å². The van der Waals surface area contributed by atoms with Gasteiger partial charge in [-0.1, -0.05) is 24.3 Å². The fourth-order valence-corrected chi connectivity index (χ4v) is 2.97. The minimum Gasteiger partial charge on any atom is -0.333 e. The van der Waals surface area contributed by atoms with Crippen LogP contribution >= 0.6 is 11.8 Å². The van der Waals surface area contributed by atoms with Crippen LogP contribution in [0.25, 0.3) is 0 Å². The molecular weight excluding hydrogens is 335 g/mol. The summed E-state index contributed by atoms with van der Waals surface area (Å²) in [5, 5.41) is 0. The van der Waals surface area contributed by atoms with Crippen LogP contribution < -0.4 is 0 Å². The Bertz CT molecular complexity index is 733. The van der Waals surface area contributed by atoms with Crippen LogP contribution in [-0.4, -0.2) is 49.1 Å². The number of benzene rings is 2. The number of hydrogen-bond donors (Lipinski definition) is 0. The second-order valence-electron chi connectivity index (χ2n) is 6.30. The first-order valence-corrected chi connectivity index (χ1v) is 9.47. The molecule has 0 N–H and O–H groups in total. The summed E-state index contributed by atoms with van der Waals surface area (Å²) in [5.74, 6) is -0.335. The summed E-state index contributed by atoms with van der Waals surface area (Å²) in [6.07, 6.45) is 1.99. The van der Waals surface area contributed by atoms with E-state index in [-0.39, 0.29) is 18.3 Å². The molecule has 0 aromatic heterocycles. The Morgan fingerprint density at radius 1 is 1.12 bits per heavy atom. The van der Waals surface area contributed by atoms with Crippen molar-refractivity contribution in [1.29, 1.82) is 0 Å². The minimum absolute atomic E-state index is 0.0569. The summed E-state index contributed by atoms with van der Waals surface area (Å²) in [5.41, 5.74) is 2.15. The van der Waals surface area contributed by atoms with E-state index in [1.807, 2.05) is 50.4 Å². The molecule has 0 radical (unpaired) electrons. The molecule has 0 aliphatic rings. The van der Waals surface area contributed by atoms with Crippen LogP contribution in [0.5, 0.6) is 0 Å². The van der Waals surface area contributed by atoms with Crippen molar-refractivity contribution in [3.8, 4) is 0 Å². The van der Waals surface area contributed by atoms with Crippen molar-refractivity contribution in [2.75, 3.05) is 33.4 Å². The summed E-state index contributed by atoms with van der Waals surface area (Å²) in [7, 11) is 3.93. The lowest BCUT2D eigenvalue weighted by Crippen LogP contribution is -2.36. The van der Waals surface area contributed by atoms with E-state index in [4.69, 9.17) is 0 Å². The maximum absolute atomic E-state index is 14.1. The van der Waals surface area contributed by atoms with Crippen LogP contribution in [0.1, 0.15) is 21.5 Å². The highest BCUT2D eigenvalue weighted by molar-refractivity contribution is 7.98. The third-order valence-electron chi connectivity index (χ3n) is 4.10. The van der Waals surface area contributed by atoms with Gasteiger partial charge in [-0.2, -0.15) is 0 Å². The second-order valence-corrected chi connectivity index (χ2v) is 7.18. The van der Waals surface area contributed by atoms with E-state index in [9.17, 15) is 9.18 Å². The molecular formula is C20H25FN2OS.